The summed E-state index contributed by atoms with van der Waals surface area (Å²) in [5.74, 6) is -1.02. The maximum absolute atomic E-state index is 11.9. The van der Waals surface area contributed by atoms with Crippen LogP contribution < -0.4 is 5.32 Å². The van der Waals surface area contributed by atoms with Crippen LogP contribution in [0.3, 0.4) is 0 Å². The van der Waals surface area contributed by atoms with Gasteiger partial charge in [-0.15, -0.1) is 0 Å². The molecule has 2 heterocycles. The monoisotopic (exact) mass is 278 g/mol. The van der Waals surface area contributed by atoms with Gasteiger partial charge in [-0.3, -0.25) is 9.78 Å². The number of amides is 1. The molecule has 1 fully saturated rings. The summed E-state index contributed by atoms with van der Waals surface area (Å²) in [5, 5.41) is 11.7. The molecular weight excluding hydrogens is 260 g/mol. The van der Waals surface area contributed by atoms with Gasteiger partial charge in [-0.25, -0.2) is 4.79 Å². The molecule has 6 heteroatoms. The van der Waals surface area contributed by atoms with Gasteiger partial charge in [-0.1, -0.05) is 0 Å². The van der Waals surface area contributed by atoms with Crippen molar-refractivity contribution in [2.24, 2.45) is 5.92 Å². The molecule has 2 atom stereocenters. The van der Waals surface area contributed by atoms with Crippen LogP contribution in [0, 0.1) is 5.92 Å². The maximum Gasteiger partial charge on any atom is 0.335 e. The van der Waals surface area contributed by atoms with Crippen molar-refractivity contribution < 1.29 is 19.4 Å². The first-order valence-electron chi connectivity index (χ1n) is 6.65. The highest BCUT2D eigenvalue weighted by Crippen LogP contribution is 2.19. The van der Waals surface area contributed by atoms with Gasteiger partial charge in [0.2, 0.25) is 0 Å². The zero-order chi connectivity index (χ0) is 14.5. The Bertz CT molecular complexity index is 504. The molecule has 2 rings (SSSR count). The molecule has 0 bridgehead atoms. The lowest BCUT2D eigenvalue weighted by Gasteiger charge is -2.27. The van der Waals surface area contributed by atoms with Gasteiger partial charge in [0, 0.05) is 19.3 Å². The molecule has 1 saturated heterocycles. The largest absolute Gasteiger partial charge is 0.478 e. The smallest absolute Gasteiger partial charge is 0.335 e. The SMILES string of the molecule is CC1CC(CNC(=O)c2cc(C(=O)O)ccn2)CCO1. The third-order valence-electron chi connectivity index (χ3n) is 3.38. The average molecular weight is 278 g/mol. The first-order chi connectivity index (χ1) is 9.56. The molecule has 0 aromatic carbocycles. The van der Waals surface area contributed by atoms with Crippen LogP contribution in [0.25, 0.3) is 0 Å². The van der Waals surface area contributed by atoms with Gasteiger partial charge in [-0.05, 0) is 37.8 Å². The summed E-state index contributed by atoms with van der Waals surface area (Å²) in [6, 6.07) is 2.64. The van der Waals surface area contributed by atoms with Crippen LogP contribution in [-0.2, 0) is 4.74 Å². The van der Waals surface area contributed by atoms with Crippen LogP contribution in [-0.4, -0.2) is 41.2 Å². The number of aromatic nitrogens is 1. The van der Waals surface area contributed by atoms with Gasteiger partial charge in [0.25, 0.3) is 5.91 Å². The van der Waals surface area contributed by atoms with Crippen molar-refractivity contribution in [3.8, 4) is 0 Å². The summed E-state index contributed by atoms with van der Waals surface area (Å²) >= 11 is 0. The van der Waals surface area contributed by atoms with Gasteiger partial charge >= 0.3 is 5.97 Å². The zero-order valence-electron chi connectivity index (χ0n) is 11.3. The second-order valence-electron chi connectivity index (χ2n) is 5.02. The normalized spacial score (nSPS) is 22.2. The Morgan fingerprint density at radius 3 is 3.05 bits per heavy atom. The third-order valence-corrected chi connectivity index (χ3v) is 3.38. The number of nitrogens with one attached hydrogen (secondary N) is 1. The second-order valence-corrected chi connectivity index (χ2v) is 5.02. The quantitative estimate of drug-likeness (QED) is 0.867. The number of carboxylic acids is 1. The molecular formula is C14H18N2O4. The van der Waals surface area contributed by atoms with Gasteiger partial charge in [0.15, 0.2) is 0 Å². The Balaban J connectivity index is 1.91. The highest BCUT2D eigenvalue weighted by molar-refractivity contribution is 5.95. The van der Waals surface area contributed by atoms with Crippen molar-refractivity contribution in [1.82, 2.24) is 10.3 Å². The number of nitrogens with zero attached hydrogens (tertiary/aromatic N) is 1. The van der Waals surface area contributed by atoms with Crippen LogP contribution in [0.15, 0.2) is 18.3 Å². The number of hydrogen-bond acceptors (Lipinski definition) is 4. The zero-order valence-corrected chi connectivity index (χ0v) is 11.3. The van der Waals surface area contributed by atoms with Crippen molar-refractivity contribution in [2.45, 2.75) is 25.9 Å². The Hall–Kier alpha value is -1.95. The van der Waals surface area contributed by atoms with E-state index in [-0.39, 0.29) is 23.3 Å². The number of ether oxygens (including phenoxy) is 1. The van der Waals surface area contributed by atoms with E-state index in [0.717, 1.165) is 12.8 Å². The summed E-state index contributed by atoms with van der Waals surface area (Å²) < 4.78 is 5.45. The van der Waals surface area contributed by atoms with E-state index in [0.29, 0.717) is 19.1 Å². The number of hydrogen-bond donors (Lipinski definition) is 2. The molecule has 2 unspecified atom stereocenters. The minimum absolute atomic E-state index is 0.0600. The highest BCUT2D eigenvalue weighted by atomic mass is 16.5. The fourth-order valence-corrected chi connectivity index (χ4v) is 2.29. The molecule has 1 aromatic heterocycles. The van der Waals surface area contributed by atoms with Crippen LogP contribution in [0.2, 0.25) is 0 Å². The van der Waals surface area contributed by atoms with E-state index < -0.39 is 5.97 Å². The molecule has 0 spiro atoms. The number of carbonyl (C=O) groups excluding carboxylic acids is 1. The summed E-state index contributed by atoms with van der Waals surface area (Å²) in [6.45, 7) is 3.30. The van der Waals surface area contributed by atoms with Crippen molar-refractivity contribution in [1.29, 1.82) is 0 Å². The lowest BCUT2D eigenvalue weighted by atomic mass is 9.96. The molecule has 1 aliphatic rings. The first kappa shape index (κ1) is 14.5. The predicted octanol–water partition coefficient (Wildman–Crippen LogP) is 1.32. The van der Waals surface area contributed by atoms with E-state index in [4.69, 9.17) is 9.84 Å². The molecule has 108 valence electrons. The molecule has 0 radical (unpaired) electrons. The average Bonchev–Trinajstić information content (AvgIpc) is 2.45. The van der Waals surface area contributed by atoms with E-state index in [1.807, 2.05) is 6.92 Å². The van der Waals surface area contributed by atoms with Crippen molar-refractivity contribution in [3.05, 3.63) is 29.6 Å². The number of rotatable bonds is 4. The van der Waals surface area contributed by atoms with Crippen molar-refractivity contribution in [3.63, 3.8) is 0 Å². The predicted molar refractivity (Wildman–Crippen MR) is 71.7 cm³/mol. The number of carbonyl (C=O) groups is 2. The molecule has 2 N–H and O–H groups in total. The fraction of sp³-hybridized carbons (Fsp3) is 0.500. The minimum atomic E-state index is -1.07. The Kier molecular flexibility index (Phi) is 4.68. The molecule has 0 saturated carbocycles. The van der Waals surface area contributed by atoms with Gasteiger partial charge in [0.05, 0.1) is 11.7 Å². The van der Waals surface area contributed by atoms with E-state index in [2.05, 4.69) is 10.3 Å². The summed E-state index contributed by atoms with van der Waals surface area (Å²) in [4.78, 5) is 26.7. The molecule has 1 amide bonds. The maximum atomic E-state index is 11.9. The van der Waals surface area contributed by atoms with E-state index >= 15 is 0 Å². The topological polar surface area (TPSA) is 88.5 Å². The summed E-state index contributed by atoms with van der Waals surface area (Å²) in [6.07, 6.45) is 3.39. The van der Waals surface area contributed by atoms with Crippen molar-refractivity contribution in [2.75, 3.05) is 13.2 Å². The Labute approximate surface area is 117 Å². The molecule has 0 aliphatic carbocycles. The highest BCUT2D eigenvalue weighted by Gasteiger charge is 2.20. The summed E-state index contributed by atoms with van der Waals surface area (Å²) in [5.41, 5.74) is 0.190. The van der Waals surface area contributed by atoms with E-state index in [1.54, 1.807) is 0 Å². The Morgan fingerprint density at radius 1 is 1.55 bits per heavy atom. The number of aromatic carboxylic acids is 1. The lowest BCUT2D eigenvalue weighted by Crippen LogP contribution is -2.34. The lowest BCUT2D eigenvalue weighted by molar-refractivity contribution is 0.00300. The standard InChI is InChI=1S/C14H18N2O4/c1-9-6-10(3-5-20-9)8-16-13(17)12-7-11(14(18)19)2-4-15-12/h2,4,7,9-10H,3,5-6,8H2,1H3,(H,16,17)(H,18,19). The molecule has 1 aromatic rings. The van der Waals surface area contributed by atoms with Gasteiger partial charge < -0.3 is 15.2 Å². The molecule has 6 nitrogen and oxygen atoms in total. The number of carboxylic acid groups (broad SMARTS) is 1. The molecule has 20 heavy (non-hydrogen) atoms. The second kappa shape index (κ2) is 6.47. The summed E-state index contributed by atoms with van der Waals surface area (Å²) in [7, 11) is 0. The van der Waals surface area contributed by atoms with Gasteiger partial charge in [0.1, 0.15) is 5.69 Å². The van der Waals surface area contributed by atoms with Gasteiger partial charge in [-0.2, -0.15) is 0 Å². The van der Waals surface area contributed by atoms with E-state index in [9.17, 15) is 9.59 Å². The van der Waals surface area contributed by atoms with Crippen LogP contribution in [0.4, 0.5) is 0 Å². The fourth-order valence-electron chi connectivity index (χ4n) is 2.29. The first-order valence-corrected chi connectivity index (χ1v) is 6.65. The van der Waals surface area contributed by atoms with Crippen LogP contribution in [0.1, 0.15) is 40.6 Å². The van der Waals surface area contributed by atoms with Crippen molar-refractivity contribution >= 4 is 11.9 Å². The molecule has 1 aliphatic heterocycles. The minimum Gasteiger partial charge on any atom is -0.478 e. The third kappa shape index (κ3) is 3.77. The van der Waals surface area contributed by atoms with E-state index in [1.165, 1.54) is 18.3 Å². The van der Waals surface area contributed by atoms with Crippen LogP contribution >= 0.6 is 0 Å². The Morgan fingerprint density at radius 2 is 2.35 bits per heavy atom. The number of pyridine rings is 1. The van der Waals surface area contributed by atoms with Crippen LogP contribution in [0.5, 0.6) is 0 Å².